The predicted octanol–water partition coefficient (Wildman–Crippen LogP) is 9.49. The lowest BCUT2D eigenvalue weighted by Gasteiger charge is -2.35. The molecule has 0 fully saturated rings. The van der Waals surface area contributed by atoms with Crippen LogP contribution in [0.3, 0.4) is 0 Å². The summed E-state index contributed by atoms with van der Waals surface area (Å²) >= 11 is 0. The molecule has 43 heavy (non-hydrogen) atoms. The second-order valence-corrected chi connectivity index (χ2v) is 10.8. The van der Waals surface area contributed by atoms with E-state index in [-0.39, 0.29) is 0 Å². The van der Waals surface area contributed by atoms with Gasteiger partial charge in [-0.15, -0.1) is 13.2 Å². The lowest BCUT2D eigenvalue weighted by atomic mass is 9.67. The van der Waals surface area contributed by atoms with E-state index < -0.39 is 5.41 Å². The van der Waals surface area contributed by atoms with Gasteiger partial charge in [0.1, 0.15) is 23.3 Å². The van der Waals surface area contributed by atoms with Crippen LogP contribution in [-0.4, -0.2) is 7.11 Å². The molecule has 0 unspecified atom stereocenters. The summed E-state index contributed by atoms with van der Waals surface area (Å²) in [5.41, 5.74) is 10.1. The second-order valence-electron chi connectivity index (χ2n) is 10.8. The number of aryl methyl sites for hydroxylation is 1. The third-order valence-electron chi connectivity index (χ3n) is 8.45. The number of hydrogen-bond donors (Lipinski definition) is 0. The van der Waals surface area contributed by atoms with Crippen molar-refractivity contribution in [1.82, 2.24) is 0 Å². The van der Waals surface area contributed by atoms with Gasteiger partial charge in [-0.1, -0.05) is 97.1 Å². The Morgan fingerprint density at radius 3 is 1.81 bits per heavy atom. The first-order chi connectivity index (χ1) is 21.1. The number of fused-ring (bicyclic) bond motifs is 3. The standard InChI is InChI=1S/C40H33NO2/c1-5-12-28-24-30(20-22-37(28)42-4)40(35-17-9-7-15-32(35)33-16-8-10-18-36(33)40)31-21-23-38(29(25-31)13-6-2)43-39-19-11-14-27(3)34(39)26-41/h5-11,14-25H,1-2,12-13H2,3-4H3. The molecule has 0 atom stereocenters. The van der Waals surface area contributed by atoms with Gasteiger partial charge in [-0.05, 0) is 88.0 Å². The van der Waals surface area contributed by atoms with Crippen LogP contribution in [0.2, 0.25) is 0 Å². The summed E-state index contributed by atoms with van der Waals surface area (Å²) in [6.45, 7) is 9.97. The van der Waals surface area contributed by atoms with E-state index in [1.165, 1.54) is 22.3 Å². The van der Waals surface area contributed by atoms with Crippen LogP contribution in [-0.2, 0) is 18.3 Å². The first-order valence-corrected chi connectivity index (χ1v) is 14.5. The molecule has 3 nitrogen and oxygen atoms in total. The van der Waals surface area contributed by atoms with Gasteiger partial charge in [-0.3, -0.25) is 0 Å². The van der Waals surface area contributed by atoms with Gasteiger partial charge in [0, 0.05) is 0 Å². The second kappa shape index (κ2) is 11.5. The van der Waals surface area contributed by atoms with Crippen molar-refractivity contribution in [3.8, 4) is 34.4 Å². The van der Waals surface area contributed by atoms with E-state index >= 15 is 0 Å². The van der Waals surface area contributed by atoms with E-state index in [2.05, 4.69) is 98.1 Å². The van der Waals surface area contributed by atoms with E-state index in [1.54, 1.807) is 7.11 Å². The van der Waals surface area contributed by atoms with Gasteiger partial charge < -0.3 is 9.47 Å². The molecule has 1 aliphatic rings. The number of rotatable bonds is 9. The Hall–Kier alpha value is -5.33. The number of hydrogen-bond acceptors (Lipinski definition) is 3. The maximum Gasteiger partial charge on any atom is 0.145 e. The van der Waals surface area contributed by atoms with Crippen molar-refractivity contribution in [3.63, 3.8) is 0 Å². The van der Waals surface area contributed by atoms with Crippen LogP contribution in [0.5, 0.6) is 17.2 Å². The number of benzene rings is 5. The SMILES string of the molecule is C=CCc1cc(C2(c3ccc(Oc4cccc(C)c4C#N)c(CC=C)c3)c3ccccc3-c3ccccc32)ccc1OC. The summed E-state index contributed by atoms with van der Waals surface area (Å²) < 4.78 is 12.2. The lowest BCUT2D eigenvalue weighted by Crippen LogP contribution is -2.29. The molecule has 0 aromatic heterocycles. The minimum absolute atomic E-state index is 0.541. The van der Waals surface area contributed by atoms with Crippen molar-refractivity contribution in [2.75, 3.05) is 7.11 Å². The van der Waals surface area contributed by atoms with Crippen LogP contribution >= 0.6 is 0 Å². The molecule has 3 heteroatoms. The van der Waals surface area contributed by atoms with E-state index in [4.69, 9.17) is 9.47 Å². The normalized spacial score (nSPS) is 12.5. The zero-order valence-electron chi connectivity index (χ0n) is 24.6. The summed E-state index contributed by atoms with van der Waals surface area (Å²) in [5, 5.41) is 9.82. The summed E-state index contributed by atoms with van der Waals surface area (Å²) in [4.78, 5) is 0. The van der Waals surface area contributed by atoms with Crippen molar-refractivity contribution in [3.05, 3.63) is 173 Å². The number of methoxy groups -OCH3 is 1. The number of ether oxygens (including phenoxy) is 2. The first kappa shape index (κ1) is 27.8. The Balaban J connectivity index is 1.63. The maximum absolute atomic E-state index is 9.82. The molecule has 0 heterocycles. The van der Waals surface area contributed by atoms with E-state index in [0.29, 0.717) is 29.9 Å². The van der Waals surface area contributed by atoms with Crippen molar-refractivity contribution >= 4 is 0 Å². The first-order valence-electron chi connectivity index (χ1n) is 14.5. The van der Waals surface area contributed by atoms with Crippen LogP contribution in [0, 0.1) is 18.3 Å². The average Bonchev–Trinajstić information content (AvgIpc) is 3.33. The maximum atomic E-state index is 9.82. The number of nitriles is 1. The summed E-state index contributed by atoms with van der Waals surface area (Å²) in [5.74, 6) is 2.11. The lowest BCUT2D eigenvalue weighted by molar-refractivity contribution is 0.410. The third-order valence-corrected chi connectivity index (χ3v) is 8.45. The minimum atomic E-state index is -0.578. The smallest absolute Gasteiger partial charge is 0.145 e. The minimum Gasteiger partial charge on any atom is -0.496 e. The van der Waals surface area contributed by atoms with Crippen LogP contribution in [0.15, 0.2) is 128 Å². The van der Waals surface area contributed by atoms with Crippen molar-refractivity contribution in [2.45, 2.75) is 25.2 Å². The summed E-state index contributed by atoms with van der Waals surface area (Å²) in [6.07, 6.45) is 5.12. The van der Waals surface area contributed by atoms with Crippen LogP contribution in [0.1, 0.15) is 44.5 Å². The molecular weight excluding hydrogens is 526 g/mol. The van der Waals surface area contributed by atoms with Gasteiger partial charge in [0.2, 0.25) is 0 Å². The van der Waals surface area contributed by atoms with Crippen LogP contribution in [0.4, 0.5) is 0 Å². The largest absolute Gasteiger partial charge is 0.496 e. The molecule has 0 spiro atoms. The monoisotopic (exact) mass is 559 g/mol. The van der Waals surface area contributed by atoms with Gasteiger partial charge >= 0.3 is 0 Å². The molecule has 0 bridgehead atoms. The Morgan fingerprint density at radius 1 is 0.698 bits per heavy atom. The van der Waals surface area contributed by atoms with E-state index in [1.807, 2.05) is 43.3 Å². The van der Waals surface area contributed by atoms with E-state index in [0.717, 1.165) is 33.6 Å². The molecule has 210 valence electrons. The van der Waals surface area contributed by atoms with Crippen molar-refractivity contribution < 1.29 is 9.47 Å². The molecule has 0 N–H and O–H groups in total. The zero-order valence-corrected chi connectivity index (χ0v) is 24.6. The van der Waals surface area contributed by atoms with Crippen molar-refractivity contribution in [2.24, 2.45) is 0 Å². The fraction of sp³-hybridized carbons (Fsp3) is 0.125. The number of allylic oxidation sites excluding steroid dienone is 2. The van der Waals surface area contributed by atoms with Gasteiger partial charge in [0.25, 0.3) is 0 Å². The Morgan fingerprint density at radius 2 is 1.26 bits per heavy atom. The topological polar surface area (TPSA) is 42.2 Å². The number of nitrogens with zero attached hydrogens (tertiary/aromatic N) is 1. The zero-order chi connectivity index (χ0) is 30.0. The molecular formula is C40H33NO2. The Kier molecular flexibility index (Phi) is 7.45. The molecule has 0 saturated heterocycles. The highest BCUT2D eigenvalue weighted by atomic mass is 16.5. The molecule has 5 aromatic carbocycles. The third kappa shape index (κ3) is 4.53. The predicted molar refractivity (Wildman–Crippen MR) is 174 cm³/mol. The quantitative estimate of drug-likeness (QED) is 0.166. The molecule has 0 saturated carbocycles. The van der Waals surface area contributed by atoms with Gasteiger partial charge in [-0.25, -0.2) is 0 Å². The summed E-state index contributed by atoms with van der Waals surface area (Å²) in [7, 11) is 1.71. The van der Waals surface area contributed by atoms with Gasteiger partial charge in [0.05, 0.1) is 18.1 Å². The van der Waals surface area contributed by atoms with Crippen LogP contribution < -0.4 is 9.47 Å². The molecule has 5 aromatic rings. The van der Waals surface area contributed by atoms with E-state index in [9.17, 15) is 5.26 Å². The fourth-order valence-corrected chi connectivity index (χ4v) is 6.57. The fourth-order valence-electron chi connectivity index (χ4n) is 6.57. The highest BCUT2D eigenvalue weighted by Gasteiger charge is 2.46. The Labute approximate surface area is 254 Å². The van der Waals surface area contributed by atoms with Gasteiger partial charge in [0.15, 0.2) is 0 Å². The molecule has 0 amide bonds. The molecule has 1 aliphatic carbocycles. The highest BCUT2D eigenvalue weighted by molar-refractivity contribution is 5.86. The Bertz CT molecular complexity index is 1860. The van der Waals surface area contributed by atoms with Crippen LogP contribution in [0.25, 0.3) is 11.1 Å². The van der Waals surface area contributed by atoms with Crippen molar-refractivity contribution in [1.29, 1.82) is 5.26 Å². The molecule has 6 rings (SSSR count). The van der Waals surface area contributed by atoms with Gasteiger partial charge in [-0.2, -0.15) is 5.26 Å². The average molecular weight is 560 g/mol. The summed E-state index contributed by atoms with van der Waals surface area (Å²) in [6, 6.07) is 38.4. The molecule has 0 radical (unpaired) electrons. The highest BCUT2D eigenvalue weighted by Crippen LogP contribution is 2.56. The molecule has 0 aliphatic heterocycles.